The molecule has 7 heteroatoms. The Bertz CT molecular complexity index is 1020. The molecule has 0 unspecified atom stereocenters. The Kier molecular flexibility index (Phi) is 5.96. The van der Waals surface area contributed by atoms with Crippen molar-refractivity contribution < 1.29 is 14.3 Å². The third kappa shape index (κ3) is 4.91. The molecule has 2 N–H and O–H groups in total. The Balaban J connectivity index is 1.58. The van der Waals surface area contributed by atoms with Gasteiger partial charge in [0.15, 0.2) is 5.78 Å². The number of hydrogen-bond acceptors (Lipinski definition) is 5. The number of carbonyl (C=O) groups is 2. The lowest BCUT2D eigenvalue weighted by Crippen LogP contribution is -2.13. The highest BCUT2D eigenvalue weighted by molar-refractivity contribution is 6.00. The van der Waals surface area contributed by atoms with Gasteiger partial charge >= 0.3 is 0 Å². The van der Waals surface area contributed by atoms with E-state index in [-0.39, 0.29) is 30.1 Å². The highest BCUT2D eigenvalue weighted by Gasteiger charge is 2.10. The molecule has 2 aromatic carbocycles. The number of nitrogens with one attached hydrogen (secondary N) is 2. The molecule has 142 valence electrons. The summed E-state index contributed by atoms with van der Waals surface area (Å²) in [7, 11) is 1.56. The summed E-state index contributed by atoms with van der Waals surface area (Å²) < 4.78 is 5.06. The zero-order chi connectivity index (χ0) is 19.9. The lowest BCUT2D eigenvalue weighted by Gasteiger charge is -2.07. The maximum absolute atomic E-state index is 12.2. The fraction of sp³-hybridized carbons (Fsp3) is 0.143. The number of methoxy groups -OCH3 is 1. The van der Waals surface area contributed by atoms with Crippen LogP contribution in [0.4, 0.5) is 5.69 Å². The molecule has 0 atom stereocenters. The van der Waals surface area contributed by atoms with Gasteiger partial charge in [-0.15, -0.1) is 0 Å². The van der Waals surface area contributed by atoms with Crippen molar-refractivity contribution in [3.8, 4) is 17.0 Å². The molecule has 0 radical (unpaired) electrons. The molecule has 28 heavy (non-hydrogen) atoms. The van der Waals surface area contributed by atoms with E-state index < -0.39 is 0 Å². The number of Topliss-reactive ketones (excluding diaryl/α,β-unsaturated/α-hetero) is 1. The molecule has 0 bridgehead atoms. The number of benzene rings is 2. The van der Waals surface area contributed by atoms with Crippen LogP contribution in [0.2, 0.25) is 0 Å². The Morgan fingerprint density at radius 3 is 2.50 bits per heavy atom. The lowest BCUT2D eigenvalue weighted by atomic mass is 10.1. The zero-order valence-corrected chi connectivity index (χ0v) is 15.3. The first-order valence-electron chi connectivity index (χ1n) is 8.68. The number of rotatable bonds is 7. The topological polar surface area (TPSA) is 101 Å². The Labute approximate surface area is 161 Å². The van der Waals surface area contributed by atoms with E-state index in [1.807, 2.05) is 6.07 Å². The second-order valence-electron chi connectivity index (χ2n) is 6.09. The molecule has 3 rings (SSSR count). The van der Waals surface area contributed by atoms with Crippen LogP contribution in [0.3, 0.4) is 0 Å². The van der Waals surface area contributed by atoms with Crippen LogP contribution in [0, 0.1) is 0 Å². The van der Waals surface area contributed by atoms with E-state index in [2.05, 4.69) is 15.5 Å². The Morgan fingerprint density at radius 1 is 1.04 bits per heavy atom. The number of hydrogen-bond donors (Lipinski definition) is 2. The minimum atomic E-state index is -0.283. The highest BCUT2D eigenvalue weighted by Crippen LogP contribution is 2.20. The summed E-state index contributed by atoms with van der Waals surface area (Å²) in [6.07, 6.45) is 0.186. The summed E-state index contributed by atoms with van der Waals surface area (Å²) >= 11 is 0. The van der Waals surface area contributed by atoms with Crippen LogP contribution >= 0.6 is 0 Å². The van der Waals surface area contributed by atoms with Gasteiger partial charge in [0.2, 0.25) is 5.91 Å². The summed E-state index contributed by atoms with van der Waals surface area (Å²) in [4.78, 5) is 35.5. The smallest absolute Gasteiger partial charge is 0.264 e. The fourth-order valence-corrected chi connectivity index (χ4v) is 2.63. The summed E-state index contributed by atoms with van der Waals surface area (Å²) in [6, 6.07) is 16.9. The van der Waals surface area contributed by atoms with Crippen LogP contribution in [0.5, 0.6) is 5.75 Å². The molecule has 1 heterocycles. The van der Waals surface area contributed by atoms with Gasteiger partial charge in [0, 0.05) is 35.7 Å². The molecular formula is C21H19N3O4. The quantitative estimate of drug-likeness (QED) is 0.616. The third-order valence-corrected chi connectivity index (χ3v) is 4.11. The predicted molar refractivity (Wildman–Crippen MR) is 105 cm³/mol. The molecule has 0 saturated heterocycles. The number of H-pyrrole nitrogens is 1. The van der Waals surface area contributed by atoms with Gasteiger partial charge in [0.1, 0.15) is 5.75 Å². The van der Waals surface area contributed by atoms with E-state index in [1.165, 1.54) is 6.07 Å². The number of anilines is 1. The molecule has 1 amide bonds. The van der Waals surface area contributed by atoms with Crippen molar-refractivity contribution in [2.24, 2.45) is 0 Å². The minimum absolute atomic E-state index is 0.0754. The van der Waals surface area contributed by atoms with Crippen molar-refractivity contribution in [1.29, 1.82) is 0 Å². The van der Waals surface area contributed by atoms with E-state index >= 15 is 0 Å². The van der Waals surface area contributed by atoms with Crippen molar-refractivity contribution in [2.75, 3.05) is 12.4 Å². The van der Waals surface area contributed by atoms with Crippen molar-refractivity contribution in [2.45, 2.75) is 12.8 Å². The number of aromatic amines is 1. The molecule has 0 spiro atoms. The average Bonchev–Trinajstić information content (AvgIpc) is 2.73. The predicted octanol–water partition coefficient (Wildman–Crippen LogP) is 3.05. The molecular weight excluding hydrogens is 358 g/mol. The van der Waals surface area contributed by atoms with Crippen LogP contribution in [-0.2, 0) is 4.79 Å². The highest BCUT2D eigenvalue weighted by atomic mass is 16.5. The summed E-state index contributed by atoms with van der Waals surface area (Å²) in [5.41, 5.74) is 2.19. The molecule has 1 aromatic heterocycles. The van der Waals surface area contributed by atoms with Gasteiger partial charge in [-0.3, -0.25) is 14.4 Å². The Morgan fingerprint density at radius 2 is 1.82 bits per heavy atom. The first kappa shape index (κ1) is 19.0. The van der Waals surface area contributed by atoms with Crippen molar-refractivity contribution in [3.05, 3.63) is 76.6 Å². The Hall–Kier alpha value is -3.74. The molecule has 0 fully saturated rings. The number of carbonyl (C=O) groups excluding carboxylic acids is 2. The van der Waals surface area contributed by atoms with E-state index in [0.29, 0.717) is 22.7 Å². The van der Waals surface area contributed by atoms with E-state index in [9.17, 15) is 14.4 Å². The van der Waals surface area contributed by atoms with E-state index in [1.54, 1.807) is 55.6 Å². The summed E-state index contributed by atoms with van der Waals surface area (Å²) in [5, 5.41) is 9.12. The lowest BCUT2D eigenvalue weighted by molar-refractivity contribution is -0.116. The van der Waals surface area contributed by atoms with E-state index in [4.69, 9.17) is 4.74 Å². The number of ether oxygens (including phenoxy) is 1. The zero-order valence-electron chi connectivity index (χ0n) is 15.3. The number of ketones is 1. The second kappa shape index (κ2) is 8.77. The van der Waals surface area contributed by atoms with Crippen LogP contribution in [-0.4, -0.2) is 29.0 Å². The van der Waals surface area contributed by atoms with Crippen molar-refractivity contribution in [1.82, 2.24) is 10.2 Å². The van der Waals surface area contributed by atoms with Crippen molar-refractivity contribution in [3.63, 3.8) is 0 Å². The van der Waals surface area contributed by atoms with Gasteiger partial charge < -0.3 is 10.1 Å². The van der Waals surface area contributed by atoms with Crippen LogP contribution in [0.15, 0.2) is 65.5 Å². The van der Waals surface area contributed by atoms with Gasteiger partial charge in [-0.1, -0.05) is 12.1 Å². The number of nitrogens with zero attached hydrogens (tertiary/aromatic N) is 1. The van der Waals surface area contributed by atoms with Gasteiger partial charge in [-0.25, -0.2) is 5.10 Å². The van der Waals surface area contributed by atoms with Crippen LogP contribution in [0.1, 0.15) is 23.2 Å². The largest absolute Gasteiger partial charge is 0.497 e. The minimum Gasteiger partial charge on any atom is -0.497 e. The first-order valence-corrected chi connectivity index (χ1v) is 8.68. The SMILES string of the molecule is COc1ccc(C(=O)CCC(=O)Nc2cccc(-c3ccc(=O)[nH]n3)c2)cc1. The maximum Gasteiger partial charge on any atom is 0.264 e. The first-order chi connectivity index (χ1) is 13.5. The van der Waals surface area contributed by atoms with Crippen LogP contribution in [0.25, 0.3) is 11.3 Å². The van der Waals surface area contributed by atoms with E-state index in [0.717, 1.165) is 5.56 Å². The molecule has 3 aromatic rings. The molecule has 0 aliphatic heterocycles. The van der Waals surface area contributed by atoms with Gasteiger partial charge in [0.05, 0.1) is 12.8 Å². The monoisotopic (exact) mass is 377 g/mol. The number of amides is 1. The fourth-order valence-electron chi connectivity index (χ4n) is 2.63. The third-order valence-electron chi connectivity index (χ3n) is 4.11. The number of aromatic nitrogens is 2. The van der Waals surface area contributed by atoms with Gasteiger partial charge in [-0.05, 0) is 42.5 Å². The molecule has 0 saturated carbocycles. The summed E-state index contributed by atoms with van der Waals surface area (Å²) in [6.45, 7) is 0. The summed E-state index contributed by atoms with van der Waals surface area (Å²) in [5.74, 6) is 0.309. The van der Waals surface area contributed by atoms with Gasteiger partial charge in [0.25, 0.3) is 5.56 Å². The molecule has 7 nitrogen and oxygen atoms in total. The molecule has 0 aliphatic carbocycles. The van der Waals surface area contributed by atoms with Gasteiger partial charge in [-0.2, -0.15) is 5.10 Å². The van der Waals surface area contributed by atoms with Crippen LogP contribution < -0.4 is 15.6 Å². The second-order valence-corrected chi connectivity index (χ2v) is 6.09. The molecule has 0 aliphatic rings. The average molecular weight is 377 g/mol. The van der Waals surface area contributed by atoms with Crippen molar-refractivity contribution >= 4 is 17.4 Å². The maximum atomic E-state index is 12.2. The normalized spacial score (nSPS) is 10.3. The standard InChI is InChI=1S/C21H19N3O4/c1-28-17-7-5-14(6-8-17)19(25)10-12-20(26)22-16-4-2-3-15(13-16)18-9-11-21(27)24-23-18/h2-9,11,13H,10,12H2,1H3,(H,22,26)(H,24,27).